The van der Waals surface area contributed by atoms with Crippen molar-refractivity contribution in [2.75, 3.05) is 13.2 Å². The first-order chi connectivity index (χ1) is 5.34. The van der Waals surface area contributed by atoms with Crippen molar-refractivity contribution in [3.63, 3.8) is 0 Å². The maximum atomic E-state index is 5.39. The van der Waals surface area contributed by atoms with Gasteiger partial charge in [-0.25, -0.2) is 0 Å². The minimum Gasteiger partial charge on any atom is -0.377 e. The molecule has 11 heavy (non-hydrogen) atoms. The Balaban J connectivity index is 2.18. The van der Waals surface area contributed by atoms with E-state index in [0.29, 0.717) is 12.1 Å². The summed E-state index contributed by atoms with van der Waals surface area (Å²) in [4.78, 5) is 0. The topological polar surface area (TPSA) is 21.3 Å². The minimum atomic E-state index is 0.355. The Bertz CT molecular complexity index is 168. The van der Waals surface area contributed by atoms with Gasteiger partial charge in [0.2, 0.25) is 0 Å². The van der Waals surface area contributed by atoms with Crippen LogP contribution in [0.3, 0.4) is 0 Å². The molecule has 62 valence electrons. The predicted octanol–water partition coefficient (Wildman–Crippen LogP) is 0.777. The predicted molar refractivity (Wildman–Crippen MR) is 45.3 cm³/mol. The summed E-state index contributed by atoms with van der Waals surface area (Å²) in [6, 6.07) is 0.510. The maximum Gasteiger partial charge on any atom is 0.0701 e. The average molecular weight is 153 g/mol. The summed E-state index contributed by atoms with van der Waals surface area (Å²) in [5.41, 5.74) is 0. The van der Waals surface area contributed by atoms with Gasteiger partial charge in [-0.2, -0.15) is 0 Å². The Kier molecular flexibility index (Phi) is 3.41. The Morgan fingerprint density at radius 3 is 3.00 bits per heavy atom. The normalized spacial score (nSPS) is 29.6. The van der Waals surface area contributed by atoms with E-state index in [9.17, 15) is 0 Å². The summed E-state index contributed by atoms with van der Waals surface area (Å²) in [7, 11) is 0. The van der Waals surface area contributed by atoms with E-state index in [2.05, 4.69) is 24.1 Å². The molecular weight excluding hydrogens is 138 g/mol. The van der Waals surface area contributed by atoms with Crippen molar-refractivity contribution in [3.8, 4) is 11.8 Å². The lowest BCUT2D eigenvalue weighted by Gasteiger charge is -2.13. The van der Waals surface area contributed by atoms with Gasteiger partial charge in [-0.05, 0) is 20.3 Å². The zero-order chi connectivity index (χ0) is 8.10. The average Bonchev–Trinajstić information content (AvgIpc) is 2.37. The lowest BCUT2D eigenvalue weighted by atomic mass is 10.1. The molecule has 1 fully saturated rings. The molecule has 2 nitrogen and oxygen atoms in total. The lowest BCUT2D eigenvalue weighted by molar-refractivity contribution is 0.114. The van der Waals surface area contributed by atoms with Crippen LogP contribution in [0.25, 0.3) is 0 Å². The molecule has 2 heteroatoms. The molecule has 0 bridgehead atoms. The fourth-order valence-electron chi connectivity index (χ4n) is 1.27. The summed E-state index contributed by atoms with van der Waals surface area (Å²) in [6.45, 7) is 5.63. The van der Waals surface area contributed by atoms with E-state index in [1.807, 2.05) is 6.92 Å². The van der Waals surface area contributed by atoms with Gasteiger partial charge in [-0.3, -0.25) is 0 Å². The number of hydrogen-bond donors (Lipinski definition) is 1. The Labute approximate surface area is 68.3 Å². The number of rotatable bonds is 2. The largest absolute Gasteiger partial charge is 0.377 e. The van der Waals surface area contributed by atoms with Crippen LogP contribution in [0.5, 0.6) is 0 Å². The number of nitrogens with one attached hydrogen (secondary N) is 1. The molecule has 0 spiro atoms. The van der Waals surface area contributed by atoms with E-state index in [1.165, 1.54) is 0 Å². The van der Waals surface area contributed by atoms with Crippen molar-refractivity contribution in [2.45, 2.75) is 32.4 Å². The van der Waals surface area contributed by atoms with Crippen molar-refractivity contribution < 1.29 is 4.74 Å². The molecule has 0 amide bonds. The van der Waals surface area contributed by atoms with Gasteiger partial charge in [0.05, 0.1) is 12.6 Å². The van der Waals surface area contributed by atoms with Gasteiger partial charge in [-0.1, -0.05) is 5.92 Å². The summed E-state index contributed by atoms with van der Waals surface area (Å²) < 4.78 is 5.39. The number of ether oxygens (including phenoxy) is 1. The molecular formula is C9H15NO. The Hall–Kier alpha value is -0.520. The van der Waals surface area contributed by atoms with E-state index in [1.54, 1.807) is 0 Å². The van der Waals surface area contributed by atoms with Gasteiger partial charge in [0.15, 0.2) is 0 Å². The standard InChI is InChI=1S/C9H15NO/c1-3-4-6-10-9-5-7-11-8(9)2/h8-10H,5-7H2,1-2H3. The van der Waals surface area contributed by atoms with E-state index >= 15 is 0 Å². The van der Waals surface area contributed by atoms with Crippen molar-refractivity contribution >= 4 is 0 Å². The smallest absolute Gasteiger partial charge is 0.0701 e. The molecule has 1 rings (SSSR count). The maximum absolute atomic E-state index is 5.39. The van der Waals surface area contributed by atoms with Crippen molar-refractivity contribution in [3.05, 3.63) is 0 Å². The van der Waals surface area contributed by atoms with Gasteiger partial charge >= 0.3 is 0 Å². The quantitative estimate of drug-likeness (QED) is 0.592. The highest BCUT2D eigenvalue weighted by molar-refractivity contribution is 4.98. The summed E-state index contributed by atoms with van der Waals surface area (Å²) >= 11 is 0. The zero-order valence-electron chi connectivity index (χ0n) is 7.18. The van der Waals surface area contributed by atoms with Crippen LogP contribution in [0.4, 0.5) is 0 Å². The molecule has 1 saturated heterocycles. The SMILES string of the molecule is CC#CCNC1CCOC1C. The van der Waals surface area contributed by atoms with Crippen molar-refractivity contribution in [1.29, 1.82) is 0 Å². The second kappa shape index (κ2) is 4.38. The zero-order valence-corrected chi connectivity index (χ0v) is 7.18. The third kappa shape index (κ3) is 2.53. The van der Waals surface area contributed by atoms with E-state index in [4.69, 9.17) is 4.74 Å². The highest BCUT2D eigenvalue weighted by Crippen LogP contribution is 2.11. The molecule has 1 aliphatic heterocycles. The molecule has 0 aromatic carbocycles. The van der Waals surface area contributed by atoms with Crippen LogP contribution in [0.1, 0.15) is 20.3 Å². The third-order valence-electron chi connectivity index (χ3n) is 2.01. The van der Waals surface area contributed by atoms with E-state index in [0.717, 1.165) is 19.6 Å². The van der Waals surface area contributed by atoms with Crippen molar-refractivity contribution in [1.82, 2.24) is 5.32 Å². The molecule has 1 aliphatic rings. The third-order valence-corrected chi connectivity index (χ3v) is 2.01. The van der Waals surface area contributed by atoms with Gasteiger partial charge < -0.3 is 10.1 Å². The second-order valence-corrected chi connectivity index (χ2v) is 2.78. The van der Waals surface area contributed by atoms with Crippen LogP contribution < -0.4 is 5.32 Å². The molecule has 0 aliphatic carbocycles. The van der Waals surface area contributed by atoms with Crippen LogP contribution in [0.2, 0.25) is 0 Å². The molecule has 1 heterocycles. The fraction of sp³-hybridized carbons (Fsp3) is 0.778. The van der Waals surface area contributed by atoms with Crippen LogP contribution in [0, 0.1) is 11.8 Å². The molecule has 0 aromatic heterocycles. The van der Waals surface area contributed by atoms with Gasteiger partial charge in [0.25, 0.3) is 0 Å². The molecule has 2 atom stereocenters. The molecule has 2 unspecified atom stereocenters. The van der Waals surface area contributed by atoms with Crippen LogP contribution >= 0.6 is 0 Å². The highest BCUT2D eigenvalue weighted by atomic mass is 16.5. The van der Waals surface area contributed by atoms with Crippen molar-refractivity contribution in [2.24, 2.45) is 0 Å². The monoisotopic (exact) mass is 153 g/mol. The van der Waals surface area contributed by atoms with E-state index in [-0.39, 0.29) is 0 Å². The highest BCUT2D eigenvalue weighted by Gasteiger charge is 2.22. The first kappa shape index (κ1) is 8.58. The van der Waals surface area contributed by atoms with Crippen LogP contribution in [-0.4, -0.2) is 25.3 Å². The van der Waals surface area contributed by atoms with Gasteiger partial charge in [0.1, 0.15) is 0 Å². The molecule has 0 aromatic rings. The first-order valence-corrected chi connectivity index (χ1v) is 4.09. The molecule has 1 N–H and O–H groups in total. The molecule has 0 radical (unpaired) electrons. The summed E-state index contributed by atoms with van der Waals surface area (Å²) in [5.74, 6) is 5.83. The number of hydrogen-bond acceptors (Lipinski definition) is 2. The fourth-order valence-corrected chi connectivity index (χ4v) is 1.27. The van der Waals surface area contributed by atoms with E-state index < -0.39 is 0 Å². The Morgan fingerprint density at radius 2 is 2.45 bits per heavy atom. The summed E-state index contributed by atoms with van der Waals surface area (Å²) in [6.07, 6.45) is 1.47. The van der Waals surface area contributed by atoms with Crippen LogP contribution in [0.15, 0.2) is 0 Å². The van der Waals surface area contributed by atoms with Gasteiger partial charge in [0, 0.05) is 12.6 Å². The second-order valence-electron chi connectivity index (χ2n) is 2.78. The minimum absolute atomic E-state index is 0.355. The molecule has 0 saturated carbocycles. The summed E-state index contributed by atoms with van der Waals surface area (Å²) in [5, 5.41) is 3.33. The lowest BCUT2D eigenvalue weighted by Crippen LogP contribution is -2.34. The Morgan fingerprint density at radius 1 is 1.64 bits per heavy atom. The van der Waals surface area contributed by atoms with Crippen LogP contribution in [-0.2, 0) is 4.74 Å². The first-order valence-electron chi connectivity index (χ1n) is 4.09. The van der Waals surface area contributed by atoms with Gasteiger partial charge in [-0.15, -0.1) is 5.92 Å².